The monoisotopic (exact) mass is 291 g/mol. The summed E-state index contributed by atoms with van der Waals surface area (Å²) in [6, 6.07) is 7.56. The number of nitrogens with two attached hydrogens (primary N) is 1. The molecule has 1 saturated heterocycles. The molecule has 108 valence electrons. The summed E-state index contributed by atoms with van der Waals surface area (Å²) in [5, 5.41) is 3.01. The van der Waals surface area contributed by atoms with E-state index in [4.69, 9.17) is 18.0 Å². The molecule has 5 heteroatoms. The van der Waals surface area contributed by atoms with Crippen molar-refractivity contribution in [3.8, 4) is 0 Å². The molecule has 0 bridgehead atoms. The molecule has 2 rings (SSSR count). The maximum Gasteiger partial charge on any atom is 0.251 e. The number of carbonyl (C=O) groups is 1. The fourth-order valence-electron chi connectivity index (χ4n) is 2.64. The lowest BCUT2D eigenvalue weighted by Crippen LogP contribution is -2.40. The largest absolute Gasteiger partial charge is 0.389 e. The summed E-state index contributed by atoms with van der Waals surface area (Å²) in [6.45, 7) is 5.06. The van der Waals surface area contributed by atoms with Gasteiger partial charge in [0, 0.05) is 23.7 Å². The summed E-state index contributed by atoms with van der Waals surface area (Å²) in [6.07, 6.45) is 2.38. The standard InChI is InChI=1S/C15H21N3OS/c1-2-18-9-3-4-13(18)10-17-15(19)12-7-5-11(6-8-12)14(16)20/h5-8,13H,2-4,9-10H2,1H3,(H2,16,20)(H,17,19). The Bertz CT molecular complexity index is 486. The van der Waals surface area contributed by atoms with Gasteiger partial charge >= 0.3 is 0 Å². The summed E-state index contributed by atoms with van der Waals surface area (Å²) in [5.41, 5.74) is 6.96. The third-order valence-corrected chi connectivity index (χ3v) is 4.07. The van der Waals surface area contributed by atoms with Crippen molar-refractivity contribution in [1.82, 2.24) is 10.2 Å². The molecule has 4 nitrogen and oxygen atoms in total. The molecule has 1 fully saturated rings. The van der Waals surface area contributed by atoms with Crippen LogP contribution in [0.1, 0.15) is 35.7 Å². The molecule has 1 amide bonds. The summed E-state index contributed by atoms with van der Waals surface area (Å²) in [7, 11) is 0. The number of amides is 1. The van der Waals surface area contributed by atoms with E-state index >= 15 is 0 Å². The molecule has 1 heterocycles. The first-order chi connectivity index (χ1) is 9.61. The topological polar surface area (TPSA) is 58.4 Å². The molecule has 1 atom stereocenters. The lowest BCUT2D eigenvalue weighted by Gasteiger charge is -2.22. The number of hydrogen-bond donors (Lipinski definition) is 2. The van der Waals surface area contributed by atoms with Crippen LogP contribution >= 0.6 is 12.2 Å². The van der Waals surface area contributed by atoms with Crippen molar-refractivity contribution in [3.05, 3.63) is 35.4 Å². The van der Waals surface area contributed by atoms with Gasteiger partial charge < -0.3 is 11.1 Å². The maximum absolute atomic E-state index is 12.1. The number of carbonyl (C=O) groups excluding carboxylic acids is 1. The molecule has 1 unspecified atom stereocenters. The molecule has 1 aromatic rings. The number of rotatable bonds is 5. The highest BCUT2D eigenvalue weighted by molar-refractivity contribution is 7.80. The third-order valence-electron chi connectivity index (χ3n) is 3.84. The highest BCUT2D eigenvalue weighted by Gasteiger charge is 2.23. The second-order valence-electron chi connectivity index (χ2n) is 5.08. The number of nitrogens with zero attached hydrogens (tertiary/aromatic N) is 1. The predicted octanol–water partition coefficient (Wildman–Crippen LogP) is 1.53. The summed E-state index contributed by atoms with van der Waals surface area (Å²) < 4.78 is 0. The van der Waals surface area contributed by atoms with Crippen LogP contribution in [-0.4, -0.2) is 41.5 Å². The first-order valence-electron chi connectivity index (χ1n) is 7.04. The fraction of sp³-hybridized carbons (Fsp3) is 0.467. The van der Waals surface area contributed by atoms with Crippen LogP contribution in [0.5, 0.6) is 0 Å². The quantitative estimate of drug-likeness (QED) is 0.808. The molecule has 1 aliphatic heterocycles. The summed E-state index contributed by atoms with van der Waals surface area (Å²) in [4.78, 5) is 14.8. The van der Waals surface area contributed by atoms with Crippen molar-refractivity contribution in [2.75, 3.05) is 19.6 Å². The Balaban J connectivity index is 1.90. The third kappa shape index (κ3) is 3.55. The minimum atomic E-state index is -0.0394. The van der Waals surface area contributed by atoms with Crippen LogP contribution in [0.15, 0.2) is 24.3 Å². The Morgan fingerprint density at radius 1 is 1.40 bits per heavy atom. The van der Waals surface area contributed by atoms with Crippen molar-refractivity contribution in [2.24, 2.45) is 5.73 Å². The van der Waals surface area contributed by atoms with Crippen LogP contribution in [0.25, 0.3) is 0 Å². The van der Waals surface area contributed by atoms with Gasteiger partial charge in [-0.2, -0.15) is 0 Å². The fourth-order valence-corrected chi connectivity index (χ4v) is 2.78. The van der Waals surface area contributed by atoms with Gasteiger partial charge in [-0.3, -0.25) is 9.69 Å². The van der Waals surface area contributed by atoms with E-state index in [9.17, 15) is 4.79 Å². The molecule has 1 aromatic carbocycles. The average Bonchev–Trinajstić information content (AvgIpc) is 2.92. The minimum absolute atomic E-state index is 0.0394. The molecule has 0 aromatic heterocycles. The second-order valence-corrected chi connectivity index (χ2v) is 5.52. The first-order valence-corrected chi connectivity index (χ1v) is 7.44. The minimum Gasteiger partial charge on any atom is -0.389 e. The molecule has 20 heavy (non-hydrogen) atoms. The normalized spacial score (nSPS) is 18.9. The zero-order chi connectivity index (χ0) is 14.5. The Labute approximate surface area is 125 Å². The second kappa shape index (κ2) is 6.81. The smallest absolute Gasteiger partial charge is 0.251 e. The van der Waals surface area contributed by atoms with Gasteiger partial charge in [0.25, 0.3) is 5.91 Å². The molecular weight excluding hydrogens is 270 g/mol. The van der Waals surface area contributed by atoms with Crippen LogP contribution in [0.4, 0.5) is 0 Å². The average molecular weight is 291 g/mol. The Morgan fingerprint density at radius 2 is 2.05 bits per heavy atom. The van der Waals surface area contributed by atoms with Crippen molar-refractivity contribution < 1.29 is 4.79 Å². The van der Waals surface area contributed by atoms with Gasteiger partial charge in [-0.05, 0) is 38.1 Å². The summed E-state index contributed by atoms with van der Waals surface area (Å²) in [5.74, 6) is -0.0394. The van der Waals surface area contributed by atoms with Crippen molar-refractivity contribution in [1.29, 1.82) is 0 Å². The van der Waals surface area contributed by atoms with Gasteiger partial charge in [0.15, 0.2) is 0 Å². The number of likely N-dealkylation sites (tertiary alicyclic amines) is 1. The first kappa shape index (κ1) is 14.9. The number of benzene rings is 1. The van der Waals surface area contributed by atoms with Crippen molar-refractivity contribution in [2.45, 2.75) is 25.8 Å². The van der Waals surface area contributed by atoms with Crippen molar-refractivity contribution in [3.63, 3.8) is 0 Å². The molecule has 0 radical (unpaired) electrons. The summed E-state index contributed by atoms with van der Waals surface area (Å²) >= 11 is 4.89. The van der Waals surface area contributed by atoms with E-state index in [1.54, 1.807) is 24.3 Å². The van der Waals surface area contributed by atoms with Crippen LogP contribution in [-0.2, 0) is 0 Å². The van der Waals surface area contributed by atoms with Crippen LogP contribution in [0.2, 0.25) is 0 Å². The van der Waals surface area contributed by atoms with E-state index in [0.29, 0.717) is 23.1 Å². The van der Waals surface area contributed by atoms with Gasteiger partial charge in [-0.25, -0.2) is 0 Å². The predicted molar refractivity (Wildman–Crippen MR) is 84.9 cm³/mol. The highest BCUT2D eigenvalue weighted by atomic mass is 32.1. The van der Waals surface area contributed by atoms with E-state index < -0.39 is 0 Å². The molecule has 1 aliphatic rings. The van der Waals surface area contributed by atoms with E-state index in [1.807, 2.05) is 0 Å². The SMILES string of the molecule is CCN1CCCC1CNC(=O)c1ccc(C(N)=S)cc1. The lowest BCUT2D eigenvalue weighted by molar-refractivity contribution is 0.0941. The van der Waals surface area contributed by atoms with Gasteiger partial charge in [0.2, 0.25) is 0 Å². The number of thiocarbonyl (C=S) groups is 1. The Morgan fingerprint density at radius 3 is 2.65 bits per heavy atom. The van der Waals surface area contributed by atoms with Crippen LogP contribution < -0.4 is 11.1 Å². The molecule has 3 N–H and O–H groups in total. The van der Waals surface area contributed by atoms with E-state index in [2.05, 4.69) is 17.1 Å². The molecule has 0 saturated carbocycles. The van der Waals surface area contributed by atoms with Gasteiger partial charge in [-0.1, -0.05) is 31.3 Å². The number of nitrogens with one attached hydrogen (secondary N) is 1. The number of hydrogen-bond acceptors (Lipinski definition) is 3. The Kier molecular flexibility index (Phi) is 5.09. The van der Waals surface area contributed by atoms with E-state index in [-0.39, 0.29) is 5.91 Å². The molecular formula is C15H21N3OS. The molecule has 0 spiro atoms. The zero-order valence-corrected chi connectivity index (χ0v) is 12.6. The van der Waals surface area contributed by atoms with Crippen LogP contribution in [0.3, 0.4) is 0 Å². The Hall–Kier alpha value is -1.46. The van der Waals surface area contributed by atoms with E-state index in [0.717, 1.165) is 25.1 Å². The van der Waals surface area contributed by atoms with E-state index in [1.165, 1.54) is 6.42 Å². The van der Waals surface area contributed by atoms with Gasteiger partial charge in [0.05, 0.1) is 0 Å². The maximum atomic E-state index is 12.1. The van der Waals surface area contributed by atoms with Crippen LogP contribution in [0, 0.1) is 0 Å². The van der Waals surface area contributed by atoms with Gasteiger partial charge in [-0.15, -0.1) is 0 Å². The highest BCUT2D eigenvalue weighted by Crippen LogP contribution is 2.15. The molecule has 0 aliphatic carbocycles. The number of likely N-dealkylation sites (N-methyl/N-ethyl adjacent to an activating group) is 1. The lowest BCUT2D eigenvalue weighted by atomic mass is 10.1. The van der Waals surface area contributed by atoms with Crippen molar-refractivity contribution >= 4 is 23.1 Å². The van der Waals surface area contributed by atoms with Gasteiger partial charge in [0.1, 0.15) is 4.99 Å². The zero-order valence-electron chi connectivity index (χ0n) is 11.8.